The molecule has 2 fully saturated rings. The largest absolute Gasteiger partial charge is 0.481 e. The summed E-state index contributed by atoms with van der Waals surface area (Å²) in [6.45, 7) is 5.13. The van der Waals surface area contributed by atoms with E-state index in [9.17, 15) is 14.4 Å². The number of rotatable bonds is 14. The van der Waals surface area contributed by atoms with Crippen molar-refractivity contribution < 1.29 is 29.0 Å². The maximum absolute atomic E-state index is 14.2. The van der Waals surface area contributed by atoms with E-state index in [0.717, 1.165) is 24.2 Å². The number of hydrogen-bond donors (Lipinski definition) is 3. The Bertz CT molecular complexity index is 2120. The van der Waals surface area contributed by atoms with E-state index in [0.29, 0.717) is 74.1 Å². The van der Waals surface area contributed by atoms with Crippen LogP contribution in [0.3, 0.4) is 0 Å². The number of amides is 3. The lowest BCUT2D eigenvalue weighted by atomic mass is 9.79. The Kier molecular flexibility index (Phi) is 13.6. The number of hydrogen-bond acceptors (Lipinski definition) is 12. The third kappa shape index (κ3) is 9.24. The fourth-order valence-corrected chi connectivity index (χ4v) is 8.72. The minimum Gasteiger partial charge on any atom is -0.481 e. The first-order chi connectivity index (χ1) is 29.0. The molecule has 2 saturated heterocycles. The van der Waals surface area contributed by atoms with E-state index < -0.39 is 16.2 Å². The van der Waals surface area contributed by atoms with Gasteiger partial charge in [-0.15, -0.1) is 9.78 Å². The van der Waals surface area contributed by atoms with E-state index in [4.69, 9.17) is 33.1 Å². The summed E-state index contributed by atoms with van der Waals surface area (Å²) in [7, 11) is 3.38. The van der Waals surface area contributed by atoms with Crippen LogP contribution >= 0.6 is 23.2 Å². The molecule has 2 atom stereocenters. The summed E-state index contributed by atoms with van der Waals surface area (Å²) in [6.07, 6.45) is 3.52. The van der Waals surface area contributed by atoms with Gasteiger partial charge in [-0.3, -0.25) is 14.5 Å². The maximum Gasteiger partial charge on any atom is 0.400 e. The molecule has 0 radical (unpaired) electrons. The normalized spacial score (nSPS) is 20.3. The molecule has 4 heterocycles. The second-order valence-electron chi connectivity index (χ2n) is 15.2. The zero-order valence-corrected chi connectivity index (χ0v) is 35.1. The number of tetrazole rings is 1. The average molecular weight is 864 g/mol. The monoisotopic (exact) mass is 862 g/mol. The molecular weight excluding hydrogens is 813 g/mol. The number of hydrazone groups is 1. The highest BCUT2D eigenvalue weighted by atomic mass is 35.5. The van der Waals surface area contributed by atoms with Crippen LogP contribution < -0.4 is 11.0 Å². The van der Waals surface area contributed by atoms with E-state index in [1.165, 1.54) is 23.4 Å². The topological polar surface area (TPSA) is 177 Å². The highest BCUT2D eigenvalue weighted by molar-refractivity contribution is 6.42. The Labute approximate surface area is 358 Å². The summed E-state index contributed by atoms with van der Waals surface area (Å²) in [5.41, 5.74) is 7.90. The van der Waals surface area contributed by atoms with Gasteiger partial charge in [0.2, 0.25) is 0 Å². The van der Waals surface area contributed by atoms with E-state index in [1.54, 1.807) is 30.3 Å². The average Bonchev–Trinajstić information content (AvgIpc) is 3.94. The first kappa shape index (κ1) is 42.9. The lowest BCUT2D eigenvalue weighted by Crippen LogP contribution is -2.72. The Morgan fingerprint density at radius 2 is 1.62 bits per heavy atom. The van der Waals surface area contributed by atoms with Crippen molar-refractivity contribution in [3.63, 3.8) is 0 Å². The van der Waals surface area contributed by atoms with Gasteiger partial charge in [-0.1, -0.05) is 82.9 Å². The summed E-state index contributed by atoms with van der Waals surface area (Å²) in [4.78, 5) is 53.5. The zero-order valence-electron chi connectivity index (χ0n) is 33.6. The van der Waals surface area contributed by atoms with Gasteiger partial charge >= 0.3 is 18.0 Å². The Morgan fingerprint density at radius 3 is 2.25 bits per heavy atom. The predicted molar refractivity (Wildman–Crippen MR) is 223 cm³/mol. The fourth-order valence-electron chi connectivity index (χ4n) is 8.41. The molecule has 2 unspecified atom stereocenters. The van der Waals surface area contributed by atoms with Gasteiger partial charge in [0.25, 0.3) is 5.91 Å². The maximum atomic E-state index is 14.2. The van der Waals surface area contributed by atoms with Crippen molar-refractivity contribution in [3.8, 4) is 0 Å². The van der Waals surface area contributed by atoms with Gasteiger partial charge in [-0.05, 0) is 76.3 Å². The highest BCUT2D eigenvalue weighted by Crippen LogP contribution is 2.40. The highest BCUT2D eigenvalue weighted by Gasteiger charge is 2.54. The molecule has 3 N–H and O–H groups in total. The first-order valence-electron chi connectivity index (χ1n) is 19.9. The number of aromatic nitrogens is 4. The molecular formula is C40H50Cl2N13O5+. The smallest absolute Gasteiger partial charge is 0.400 e. The van der Waals surface area contributed by atoms with Gasteiger partial charge in [-0.25, -0.2) is 9.63 Å². The second-order valence-corrected chi connectivity index (χ2v) is 16.0. The summed E-state index contributed by atoms with van der Waals surface area (Å²) < 4.78 is 0.909. The number of hydrazine groups is 1. The molecule has 3 aromatic carbocycles. The van der Waals surface area contributed by atoms with Gasteiger partial charge in [0.1, 0.15) is 11.8 Å². The van der Waals surface area contributed by atoms with Crippen LogP contribution in [0.2, 0.25) is 10.0 Å². The van der Waals surface area contributed by atoms with E-state index >= 15 is 0 Å². The standard InChI is InChI=1S/C40H49Cl2N13O5/c1-49(39(59)52-25-23-51(24-26-52)20-16-36(56)57)40(33-11-7-4-8-12-33)17-21-50(22-18-40)19-15-32(31-13-14-34(41)35(42)27-31)28-55(45-37(58)30-9-5-3-6-10-30)38(44-47-54(55)60-2)53-29-43-46-48-53/h3-14,27,29,32,47H,15-26,28H2,1-2H3,(H-,45,56,57,58)/p+1. The molecule has 20 heteroatoms. The molecule has 18 nitrogen and oxygen atoms in total. The third-order valence-electron chi connectivity index (χ3n) is 11.8. The molecule has 3 aliphatic heterocycles. The number of halogens is 2. The van der Waals surface area contributed by atoms with Crippen LogP contribution in [0.1, 0.15) is 53.1 Å². The lowest BCUT2D eigenvalue weighted by Gasteiger charge is -2.49. The molecule has 318 valence electrons. The van der Waals surface area contributed by atoms with Crippen molar-refractivity contribution in [2.45, 2.75) is 37.1 Å². The number of aliphatic carboxylic acids is 1. The van der Waals surface area contributed by atoms with Crippen molar-refractivity contribution in [2.75, 3.05) is 73.1 Å². The van der Waals surface area contributed by atoms with Crippen LogP contribution in [-0.2, 0) is 15.2 Å². The third-order valence-corrected chi connectivity index (χ3v) is 12.6. The number of carbonyl (C=O) groups is 3. The number of carboxylic acid groups (broad SMARTS) is 1. The molecule has 3 aliphatic rings. The lowest BCUT2D eigenvalue weighted by molar-refractivity contribution is -1.03. The Balaban J connectivity index is 1.12. The van der Waals surface area contributed by atoms with Crippen LogP contribution in [-0.4, -0.2) is 152 Å². The fraction of sp³-hybridized carbons (Fsp3) is 0.425. The molecule has 0 saturated carbocycles. The van der Waals surface area contributed by atoms with Crippen molar-refractivity contribution in [3.05, 3.63) is 112 Å². The van der Waals surface area contributed by atoms with Crippen molar-refractivity contribution in [2.24, 2.45) is 5.10 Å². The van der Waals surface area contributed by atoms with Gasteiger partial charge in [0.05, 0.1) is 29.1 Å². The molecule has 7 rings (SSSR count). The molecule has 4 aromatic rings. The quantitative estimate of drug-likeness (QED) is 0.156. The van der Waals surface area contributed by atoms with Crippen LogP contribution in [0.5, 0.6) is 0 Å². The molecule has 60 heavy (non-hydrogen) atoms. The number of quaternary nitrogens is 1. The van der Waals surface area contributed by atoms with E-state index in [-0.39, 0.29) is 36.8 Å². The molecule has 0 bridgehead atoms. The van der Waals surface area contributed by atoms with Crippen molar-refractivity contribution in [1.29, 1.82) is 0 Å². The minimum absolute atomic E-state index is 0.0293. The number of piperidine rings is 1. The summed E-state index contributed by atoms with van der Waals surface area (Å²) >= 11 is 13.1. The number of benzene rings is 3. The van der Waals surface area contributed by atoms with E-state index in [2.05, 4.69) is 53.5 Å². The van der Waals surface area contributed by atoms with Crippen LogP contribution in [0.25, 0.3) is 0 Å². The number of nitrogens with one attached hydrogen (secondary N) is 2. The number of carboxylic acids is 1. The molecule has 3 amide bonds. The van der Waals surface area contributed by atoms with E-state index in [1.807, 2.05) is 53.2 Å². The van der Waals surface area contributed by atoms with Crippen LogP contribution in [0.4, 0.5) is 4.79 Å². The van der Waals surface area contributed by atoms with Gasteiger partial charge in [-0.2, -0.15) is 11.0 Å². The second kappa shape index (κ2) is 19.0. The van der Waals surface area contributed by atoms with Gasteiger partial charge < -0.3 is 19.8 Å². The SMILES string of the molecule is CON1NN=C(n2cnnn2)[N+]1(CC(CCN1CCC(c2ccccc2)(N(C)C(=O)N2CCN(CCC(=O)O)CC2)CC1)c1ccc(Cl)c(Cl)c1)NC(=O)c1ccccc1. The Morgan fingerprint density at radius 1 is 0.933 bits per heavy atom. The number of likely N-dealkylation sites (tertiary alicyclic amines) is 1. The van der Waals surface area contributed by atoms with Crippen molar-refractivity contribution >= 4 is 47.1 Å². The summed E-state index contributed by atoms with van der Waals surface area (Å²) in [5, 5.41) is 27.6. The molecule has 0 spiro atoms. The van der Waals surface area contributed by atoms with Gasteiger partial charge in [0, 0.05) is 64.3 Å². The van der Waals surface area contributed by atoms with Crippen LogP contribution in [0.15, 0.2) is 90.3 Å². The first-order valence-corrected chi connectivity index (χ1v) is 20.7. The molecule has 1 aromatic heterocycles. The summed E-state index contributed by atoms with van der Waals surface area (Å²) in [6, 6.07) is 24.6. The van der Waals surface area contributed by atoms with Gasteiger partial charge in [0.15, 0.2) is 6.33 Å². The zero-order chi connectivity index (χ0) is 42.3. The number of nitrogens with zero attached hydrogens (tertiary/aromatic N) is 11. The minimum atomic E-state index is -0.821. The summed E-state index contributed by atoms with van der Waals surface area (Å²) in [5.74, 6) is -1.24. The number of urea groups is 1. The van der Waals surface area contributed by atoms with Crippen LogP contribution in [0, 0.1) is 0 Å². The predicted octanol–water partition coefficient (Wildman–Crippen LogP) is 3.87. The molecule has 0 aliphatic carbocycles. The number of carbonyl (C=O) groups excluding carboxylic acids is 2. The van der Waals surface area contributed by atoms with Crippen molar-refractivity contribution in [1.82, 2.24) is 56.0 Å². The Hall–Kier alpha value is -5.21. The number of piperazine rings is 1.